The smallest absolute Gasteiger partial charge is 0.169 e. The van der Waals surface area contributed by atoms with Gasteiger partial charge in [0.2, 0.25) is 0 Å². The quantitative estimate of drug-likeness (QED) is 0.795. The van der Waals surface area contributed by atoms with E-state index in [0.29, 0.717) is 21.4 Å². The van der Waals surface area contributed by atoms with Crippen LogP contribution in [-0.2, 0) is 12.8 Å². The lowest BCUT2D eigenvalue weighted by atomic mass is 10.0. The Morgan fingerprint density at radius 3 is 2.23 bits per heavy atom. The van der Waals surface area contributed by atoms with Crippen molar-refractivity contribution in [2.24, 2.45) is 0 Å². The largest absolute Gasteiger partial charge is 0.352 e. The average molecular weight is 391 g/mol. The van der Waals surface area contributed by atoms with Gasteiger partial charge in [-0.15, -0.1) is 5.10 Å². The van der Waals surface area contributed by atoms with Crippen LogP contribution in [0.15, 0.2) is 12.3 Å². The van der Waals surface area contributed by atoms with Gasteiger partial charge in [0.25, 0.3) is 0 Å². The molecule has 1 aliphatic rings. The number of hydrogen-bond donors (Lipinski definition) is 0. The molecule has 0 radical (unpaired) electrons. The lowest BCUT2D eigenvalue weighted by Gasteiger charge is -2.36. The van der Waals surface area contributed by atoms with Gasteiger partial charge in [-0.2, -0.15) is 10.4 Å². The highest BCUT2D eigenvalue weighted by Gasteiger charge is 2.25. The molecular formula is C18H20Cl2N6. The summed E-state index contributed by atoms with van der Waals surface area (Å²) in [6, 6.07) is 4.04. The molecule has 26 heavy (non-hydrogen) atoms. The lowest BCUT2D eigenvalue weighted by Crippen LogP contribution is -2.47. The molecule has 0 aliphatic carbocycles. The topological polar surface area (TPSA) is 68.9 Å². The van der Waals surface area contributed by atoms with Gasteiger partial charge < -0.3 is 9.80 Å². The second-order valence-corrected chi connectivity index (χ2v) is 6.92. The summed E-state index contributed by atoms with van der Waals surface area (Å²) in [5.74, 6) is 1.41. The summed E-state index contributed by atoms with van der Waals surface area (Å²) >= 11 is 12.2. The molecule has 3 rings (SSSR count). The van der Waals surface area contributed by atoms with Crippen LogP contribution >= 0.6 is 23.2 Å². The zero-order chi connectivity index (χ0) is 18.7. The maximum absolute atomic E-state index is 9.68. The van der Waals surface area contributed by atoms with Crippen molar-refractivity contribution in [3.05, 3.63) is 39.1 Å². The Balaban J connectivity index is 1.81. The molecule has 6 nitrogen and oxygen atoms in total. The highest BCUT2D eigenvalue weighted by molar-refractivity contribution is 6.36. The second kappa shape index (κ2) is 8.07. The van der Waals surface area contributed by atoms with Crippen molar-refractivity contribution in [2.75, 3.05) is 36.0 Å². The molecule has 1 aliphatic heterocycles. The Labute approximate surface area is 163 Å². The molecule has 136 valence electrons. The second-order valence-electron chi connectivity index (χ2n) is 6.08. The fourth-order valence-electron chi connectivity index (χ4n) is 3.27. The van der Waals surface area contributed by atoms with Crippen LogP contribution in [0.1, 0.15) is 30.7 Å². The van der Waals surface area contributed by atoms with E-state index in [1.165, 1.54) is 0 Å². The van der Waals surface area contributed by atoms with Crippen LogP contribution < -0.4 is 9.80 Å². The predicted octanol–water partition coefficient (Wildman–Crippen LogP) is 3.50. The summed E-state index contributed by atoms with van der Waals surface area (Å²) < 4.78 is 0. The molecule has 0 unspecified atom stereocenters. The van der Waals surface area contributed by atoms with Gasteiger partial charge in [0, 0.05) is 32.4 Å². The van der Waals surface area contributed by atoms with E-state index >= 15 is 0 Å². The van der Waals surface area contributed by atoms with E-state index in [0.717, 1.165) is 56.1 Å². The minimum absolute atomic E-state index is 0.523. The normalized spacial score (nSPS) is 14.4. The summed E-state index contributed by atoms with van der Waals surface area (Å²) in [5, 5.41) is 19.5. The van der Waals surface area contributed by atoms with Gasteiger partial charge in [0.05, 0.1) is 15.7 Å². The van der Waals surface area contributed by atoms with Crippen LogP contribution in [-0.4, -0.2) is 41.4 Å². The van der Waals surface area contributed by atoms with Crippen LogP contribution in [0.3, 0.4) is 0 Å². The fraction of sp³-hybridized carbons (Fsp3) is 0.444. The third kappa shape index (κ3) is 3.55. The molecule has 3 heterocycles. The van der Waals surface area contributed by atoms with Crippen molar-refractivity contribution in [1.82, 2.24) is 15.2 Å². The first-order valence-corrected chi connectivity index (χ1v) is 9.44. The Bertz CT molecular complexity index is 840. The Morgan fingerprint density at radius 1 is 1.04 bits per heavy atom. The SMILES string of the molecule is CCc1nnc(N2CCN(c3ncc(Cl)cc3Cl)CC2)c(C#N)c1CC. The summed E-state index contributed by atoms with van der Waals surface area (Å²) in [4.78, 5) is 8.58. The molecule has 0 amide bonds. The van der Waals surface area contributed by atoms with Gasteiger partial charge in [-0.25, -0.2) is 4.98 Å². The zero-order valence-electron chi connectivity index (χ0n) is 14.8. The van der Waals surface area contributed by atoms with Crippen LogP contribution in [0.2, 0.25) is 10.0 Å². The third-order valence-corrected chi connectivity index (χ3v) is 5.09. The molecule has 2 aromatic heterocycles. The monoisotopic (exact) mass is 390 g/mol. The number of piperazine rings is 1. The van der Waals surface area contributed by atoms with E-state index in [2.05, 4.69) is 31.1 Å². The maximum Gasteiger partial charge on any atom is 0.169 e. The lowest BCUT2D eigenvalue weighted by molar-refractivity contribution is 0.635. The average Bonchev–Trinajstić information content (AvgIpc) is 2.67. The highest BCUT2D eigenvalue weighted by atomic mass is 35.5. The number of nitriles is 1. The number of rotatable bonds is 4. The fourth-order valence-corrected chi connectivity index (χ4v) is 3.77. The predicted molar refractivity (Wildman–Crippen MR) is 104 cm³/mol. The number of nitrogens with zero attached hydrogens (tertiary/aromatic N) is 6. The molecule has 1 saturated heterocycles. The first kappa shape index (κ1) is 18.7. The van der Waals surface area contributed by atoms with Crippen molar-refractivity contribution in [2.45, 2.75) is 26.7 Å². The molecular weight excluding hydrogens is 371 g/mol. The summed E-state index contributed by atoms with van der Waals surface area (Å²) in [6.45, 7) is 6.99. The number of pyridine rings is 1. The summed E-state index contributed by atoms with van der Waals surface area (Å²) in [7, 11) is 0. The summed E-state index contributed by atoms with van der Waals surface area (Å²) in [6.07, 6.45) is 3.16. The van der Waals surface area contributed by atoms with Gasteiger partial charge in [-0.1, -0.05) is 37.0 Å². The van der Waals surface area contributed by atoms with E-state index in [9.17, 15) is 5.26 Å². The van der Waals surface area contributed by atoms with Gasteiger partial charge in [-0.3, -0.25) is 0 Å². The first-order valence-electron chi connectivity index (χ1n) is 8.68. The van der Waals surface area contributed by atoms with Crippen molar-refractivity contribution in [3.8, 4) is 6.07 Å². The third-order valence-electron chi connectivity index (χ3n) is 4.61. The van der Waals surface area contributed by atoms with Gasteiger partial charge in [-0.05, 0) is 24.5 Å². The van der Waals surface area contributed by atoms with Crippen molar-refractivity contribution >= 4 is 34.8 Å². The maximum atomic E-state index is 9.68. The van der Waals surface area contributed by atoms with Crippen LogP contribution in [0.5, 0.6) is 0 Å². The number of hydrogen-bond acceptors (Lipinski definition) is 6. The highest BCUT2D eigenvalue weighted by Crippen LogP contribution is 2.29. The standard InChI is InChI=1S/C18H20Cl2N6/c1-3-13-14(10-21)17(24-23-16(13)4-2)25-5-7-26(8-6-25)18-15(20)9-12(19)11-22-18/h9,11H,3-8H2,1-2H3. The Hall–Kier alpha value is -2.10. The van der Waals surface area contributed by atoms with Crippen molar-refractivity contribution < 1.29 is 0 Å². The van der Waals surface area contributed by atoms with Crippen molar-refractivity contribution in [3.63, 3.8) is 0 Å². The Kier molecular flexibility index (Phi) is 5.80. The number of aryl methyl sites for hydroxylation is 1. The molecule has 2 aromatic rings. The number of anilines is 2. The van der Waals surface area contributed by atoms with E-state index in [-0.39, 0.29) is 0 Å². The molecule has 0 aromatic carbocycles. The molecule has 0 N–H and O–H groups in total. The van der Waals surface area contributed by atoms with Gasteiger partial charge >= 0.3 is 0 Å². The van der Waals surface area contributed by atoms with Crippen LogP contribution in [0.25, 0.3) is 0 Å². The van der Waals surface area contributed by atoms with E-state index < -0.39 is 0 Å². The van der Waals surface area contributed by atoms with E-state index in [4.69, 9.17) is 23.2 Å². The summed E-state index contributed by atoms with van der Waals surface area (Å²) in [5.41, 5.74) is 2.56. The van der Waals surface area contributed by atoms with E-state index in [1.807, 2.05) is 13.8 Å². The zero-order valence-corrected chi connectivity index (χ0v) is 16.3. The van der Waals surface area contributed by atoms with Gasteiger partial charge in [0.15, 0.2) is 5.82 Å². The minimum Gasteiger partial charge on any atom is -0.352 e. The van der Waals surface area contributed by atoms with E-state index in [1.54, 1.807) is 12.3 Å². The van der Waals surface area contributed by atoms with Crippen molar-refractivity contribution in [1.29, 1.82) is 5.26 Å². The molecule has 0 spiro atoms. The Morgan fingerprint density at radius 2 is 1.69 bits per heavy atom. The van der Waals surface area contributed by atoms with Gasteiger partial charge in [0.1, 0.15) is 17.5 Å². The van der Waals surface area contributed by atoms with Crippen LogP contribution in [0, 0.1) is 11.3 Å². The molecule has 0 saturated carbocycles. The molecule has 8 heteroatoms. The molecule has 0 atom stereocenters. The number of halogens is 2. The number of aromatic nitrogens is 3. The first-order chi connectivity index (χ1) is 12.6. The molecule has 0 bridgehead atoms. The molecule has 1 fully saturated rings. The van der Waals surface area contributed by atoms with Crippen LogP contribution in [0.4, 0.5) is 11.6 Å². The minimum atomic E-state index is 0.523.